The highest BCUT2D eigenvalue weighted by atomic mass is 32.1. The summed E-state index contributed by atoms with van der Waals surface area (Å²) in [5.74, 6) is 0.563. The van der Waals surface area contributed by atoms with Crippen LogP contribution in [-0.2, 0) is 0 Å². The number of nitrogens with one attached hydrogen (secondary N) is 1. The van der Waals surface area contributed by atoms with Crippen molar-refractivity contribution in [1.29, 1.82) is 0 Å². The fourth-order valence-electron chi connectivity index (χ4n) is 0.907. The van der Waals surface area contributed by atoms with Gasteiger partial charge in [0.1, 0.15) is 0 Å². The van der Waals surface area contributed by atoms with Crippen LogP contribution in [0.2, 0.25) is 0 Å². The van der Waals surface area contributed by atoms with E-state index < -0.39 is 0 Å². The number of thiazole rings is 1. The molecule has 0 fully saturated rings. The summed E-state index contributed by atoms with van der Waals surface area (Å²) in [5.41, 5.74) is 1.02. The van der Waals surface area contributed by atoms with Gasteiger partial charge in [0.05, 0.1) is 10.6 Å². The third kappa shape index (κ3) is 5.09. The molecule has 3 heteroatoms. The van der Waals surface area contributed by atoms with E-state index >= 15 is 0 Å². The van der Waals surface area contributed by atoms with Crippen molar-refractivity contribution < 1.29 is 0 Å². The highest BCUT2D eigenvalue weighted by Crippen LogP contribution is 2.18. The van der Waals surface area contributed by atoms with E-state index in [0.29, 0.717) is 5.92 Å². The number of H-pyrrole nitrogens is 1. The van der Waals surface area contributed by atoms with Gasteiger partial charge in [0, 0.05) is 0 Å². The SMILES string of the molecule is C=Cc1[nH]c(=S)sc1/C=C\C(C)C.CC. The molecule has 1 aromatic heterocycles. The van der Waals surface area contributed by atoms with E-state index in [-0.39, 0.29) is 0 Å². The molecule has 0 atom stereocenters. The van der Waals surface area contributed by atoms with Gasteiger partial charge in [0.2, 0.25) is 0 Å². The van der Waals surface area contributed by atoms with Gasteiger partial charge < -0.3 is 4.98 Å². The summed E-state index contributed by atoms with van der Waals surface area (Å²) < 4.78 is 0.804. The quantitative estimate of drug-likeness (QED) is 0.724. The van der Waals surface area contributed by atoms with Crippen LogP contribution in [0.5, 0.6) is 0 Å². The maximum Gasteiger partial charge on any atom is 0.159 e. The number of aromatic amines is 1. The van der Waals surface area contributed by atoms with Crippen molar-refractivity contribution in [3.8, 4) is 0 Å². The van der Waals surface area contributed by atoms with Gasteiger partial charge in [-0.2, -0.15) is 0 Å². The van der Waals surface area contributed by atoms with Crippen molar-refractivity contribution in [3.63, 3.8) is 0 Å². The van der Waals surface area contributed by atoms with Gasteiger partial charge in [-0.25, -0.2) is 0 Å². The Bertz CT molecular complexity index is 369. The Morgan fingerprint density at radius 3 is 2.47 bits per heavy atom. The zero-order chi connectivity index (χ0) is 11.8. The monoisotopic (exact) mass is 241 g/mol. The van der Waals surface area contributed by atoms with Crippen LogP contribution in [0.25, 0.3) is 12.2 Å². The highest BCUT2D eigenvalue weighted by molar-refractivity contribution is 7.73. The Hall–Kier alpha value is -0.670. The predicted octanol–water partition coefficient (Wildman–Crippen LogP) is 5.14. The van der Waals surface area contributed by atoms with Gasteiger partial charge in [0.15, 0.2) is 3.95 Å². The molecule has 0 aliphatic carbocycles. The van der Waals surface area contributed by atoms with Crippen LogP contribution in [0.4, 0.5) is 0 Å². The average molecular weight is 241 g/mol. The predicted molar refractivity (Wildman–Crippen MR) is 74.8 cm³/mol. The molecule has 0 radical (unpaired) electrons. The lowest BCUT2D eigenvalue weighted by molar-refractivity contribution is 0.836. The molecule has 1 N–H and O–H groups in total. The maximum absolute atomic E-state index is 5.05. The second kappa shape index (κ2) is 7.60. The van der Waals surface area contributed by atoms with E-state index in [1.54, 1.807) is 17.4 Å². The van der Waals surface area contributed by atoms with Gasteiger partial charge in [-0.3, -0.25) is 0 Å². The van der Waals surface area contributed by atoms with Crippen molar-refractivity contribution >= 4 is 35.7 Å². The Balaban J connectivity index is 0.000000921. The Kier molecular flexibility index (Phi) is 7.26. The summed E-state index contributed by atoms with van der Waals surface area (Å²) >= 11 is 6.63. The van der Waals surface area contributed by atoms with E-state index in [1.165, 1.54) is 0 Å². The lowest BCUT2D eigenvalue weighted by Gasteiger charge is -1.93. The topological polar surface area (TPSA) is 15.8 Å². The van der Waals surface area contributed by atoms with Crippen LogP contribution < -0.4 is 0 Å². The van der Waals surface area contributed by atoms with Crippen LogP contribution in [0, 0.1) is 9.87 Å². The standard InChI is InChI=1S/C10H13NS2.C2H6/c1-4-8-9(6-5-7(2)3)13-10(12)11-8;1-2/h4-7H,1H2,2-3H3,(H,11,12);1-2H3/b6-5-;. The van der Waals surface area contributed by atoms with Crippen LogP contribution in [0.15, 0.2) is 12.7 Å². The minimum absolute atomic E-state index is 0.563. The number of allylic oxidation sites excluding steroid dienone is 1. The van der Waals surface area contributed by atoms with Crippen LogP contribution in [-0.4, -0.2) is 4.98 Å². The lowest BCUT2D eigenvalue weighted by atomic mass is 10.2. The Morgan fingerprint density at radius 1 is 1.40 bits per heavy atom. The smallest absolute Gasteiger partial charge is 0.159 e. The molecule has 0 unspecified atom stereocenters. The summed E-state index contributed by atoms with van der Waals surface area (Å²) in [6.45, 7) is 12.0. The van der Waals surface area contributed by atoms with Gasteiger partial charge in [-0.1, -0.05) is 40.3 Å². The van der Waals surface area contributed by atoms with Crippen molar-refractivity contribution in [2.45, 2.75) is 27.7 Å². The van der Waals surface area contributed by atoms with Crippen LogP contribution >= 0.6 is 23.6 Å². The van der Waals surface area contributed by atoms with Gasteiger partial charge in [-0.15, -0.1) is 11.3 Å². The van der Waals surface area contributed by atoms with Crippen molar-refractivity contribution in [2.24, 2.45) is 5.92 Å². The summed E-state index contributed by atoms with van der Waals surface area (Å²) in [5, 5.41) is 0. The van der Waals surface area contributed by atoms with Crippen molar-refractivity contribution in [1.82, 2.24) is 4.98 Å². The molecule has 0 aliphatic rings. The molecule has 0 spiro atoms. The normalized spacial score (nSPS) is 10.2. The molecule has 0 saturated heterocycles. The van der Waals surface area contributed by atoms with Crippen LogP contribution in [0.1, 0.15) is 38.3 Å². The average Bonchev–Trinajstić information content (AvgIpc) is 2.59. The molecular weight excluding hydrogens is 222 g/mol. The molecule has 0 aliphatic heterocycles. The number of hydrogen-bond donors (Lipinski definition) is 1. The molecule has 0 amide bonds. The molecule has 0 saturated carbocycles. The molecule has 1 aromatic rings. The zero-order valence-electron chi connectivity index (χ0n) is 9.83. The van der Waals surface area contributed by atoms with E-state index in [1.807, 2.05) is 13.8 Å². The Labute approximate surface area is 102 Å². The first-order valence-corrected chi connectivity index (χ1v) is 6.39. The molecule has 1 nitrogen and oxygen atoms in total. The second-order valence-electron chi connectivity index (χ2n) is 3.10. The molecule has 1 rings (SSSR count). The molecule has 0 aromatic carbocycles. The first-order valence-electron chi connectivity index (χ1n) is 5.17. The summed E-state index contributed by atoms with van der Waals surface area (Å²) in [6, 6.07) is 0. The van der Waals surface area contributed by atoms with E-state index in [2.05, 4.69) is 37.6 Å². The van der Waals surface area contributed by atoms with E-state index in [4.69, 9.17) is 12.2 Å². The zero-order valence-corrected chi connectivity index (χ0v) is 11.5. The molecule has 1 heterocycles. The minimum Gasteiger partial charge on any atom is -0.337 e. The van der Waals surface area contributed by atoms with Crippen molar-refractivity contribution in [3.05, 3.63) is 27.2 Å². The molecule has 0 bridgehead atoms. The van der Waals surface area contributed by atoms with Gasteiger partial charge in [-0.05, 0) is 30.3 Å². The van der Waals surface area contributed by atoms with E-state index in [0.717, 1.165) is 14.5 Å². The lowest BCUT2D eigenvalue weighted by Crippen LogP contribution is -1.78. The third-order valence-corrected chi connectivity index (χ3v) is 2.76. The fourth-order valence-corrected chi connectivity index (χ4v) is 2.04. The van der Waals surface area contributed by atoms with Gasteiger partial charge >= 0.3 is 0 Å². The van der Waals surface area contributed by atoms with E-state index in [9.17, 15) is 0 Å². The fraction of sp³-hybridized carbons (Fsp3) is 0.417. The maximum atomic E-state index is 5.05. The minimum atomic E-state index is 0.563. The first kappa shape index (κ1) is 14.3. The number of aromatic nitrogens is 1. The summed E-state index contributed by atoms with van der Waals surface area (Å²) in [4.78, 5) is 4.24. The molecule has 15 heavy (non-hydrogen) atoms. The first-order chi connectivity index (χ1) is 7.13. The number of rotatable bonds is 3. The van der Waals surface area contributed by atoms with Crippen molar-refractivity contribution in [2.75, 3.05) is 0 Å². The summed E-state index contributed by atoms with van der Waals surface area (Å²) in [6.07, 6.45) is 6.05. The van der Waals surface area contributed by atoms with Crippen LogP contribution in [0.3, 0.4) is 0 Å². The molecular formula is C12H19NS2. The largest absolute Gasteiger partial charge is 0.337 e. The Morgan fingerprint density at radius 2 is 2.00 bits per heavy atom. The summed E-state index contributed by atoms with van der Waals surface area (Å²) in [7, 11) is 0. The molecule has 84 valence electrons. The number of hydrogen-bond acceptors (Lipinski definition) is 2. The van der Waals surface area contributed by atoms with Gasteiger partial charge in [0.25, 0.3) is 0 Å². The highest BCUT2D eigenvalue weighted by Gasteiger charge is 1.98. The second-order valence-corrected chi connectivity index (χ2v) is 4.82. The third-order valence-electron chi connectivity index (χ3n) is 1.54.